The first-order valence-corrected chi connectivity index (χ1v) is 7.43. The van der Waals surface area contributed by atoms with Gasteiger partial charge in [0.05, 0.1) is 0 Å². The normalized spacial score (nSPS) is 17.1. The Morgan fingerprint density at radius 3 is 2.43 bits per heavy atom. The van der Waals surface area contributed by atoms with Gasteiger partial charge >= 0.3 is 12.0 Å². The summed E-state index contributed by atoms with van der Waals surface area (Å²) in [5.41, 5.74) is 0. The maximum atomic E-state index is 12.0. The van der Waals surface area contributed by atoms with Gasteiger partial charge in [-0.3, -0.25) is 9.59 Å². The van der Waals surface area contributed by atoms with E-state index in [0.29, 0.717) is 25.9 Å². The Kier molecular flexibility index (Phi) is 6.98. The topological polar surface area (TPSA) is 98.7 Å². The van der Waals surface area contributed by atoms with Crippen LogP contribution < -0.4 is 10.6 Å². The van der Waals surface area contributed by atoms with Crippen molar-refractivity contribution < 1.29 is 19.5 Å². The number of nitrogens with zero attached hydrogens (tertiary/aromatic N) is 1. The van der Waals surface area contributed by atoms with E-state index >= 15 is 0 Å². The smallest absolute Gasteiger partial charge is 0.317 e. The first kappa shape index (κ1) is 17.3. The number of amides is 3. The van der Waals surface area contributed by atoms with Crippen LogP contribution in [0.15, 0.2) is 0 Å². The number of carboxylic acid groups (broad SMARTS) is 1. The van der Waals surface area contributed by atoms with E-state index in [4.69, 9.17) is 5.11 Å². The maximum absolute atomic E-state index is 12.0. The van der Waals surface area contributed by atoms with E-state index in [9.17, 15) is 14.4 Å². The molecule has 0 aromatic heterocycles. The van der Waals surface area contributed by atoms with Gasteiger partial charge in [0, 0.05) is 38.5 Å². The summed E-state index contributed by atoms with van der Waals surface area (Å²) in [6, 6.07) is 0.00329. The predicted octanol–water partition coefficient (Wildman–Crippen LogP) is 0.940. The molecule has 1 heterocycles. The first-order chi connectivity index (χ1) is 9.88. The van der Waals surface area contributed by atoms with E-state index in [1.165, 1.54) is 6.92 Å². The fourth-order valence-electron chi connectivity index (χ4n) is 2.45. The monoisotopic (exact) mass is 299 g/mol. The number of nitrogens with one attached hydrogen (secondary N) is 2. The molecule has 1 aliphatic rings. The van der Waals surface area contributed by atoms with Gasteiger partial charge in [0.2, 0.25) is 5.91 Å². The Hall–Kier alpha value is -1.79. The van der Waals surface area contributed by atoms with Crippen molar-refractivity contribution in [3.63, 3.8) is 0 Å². The summed E-state index contributed by atoms with van der Waals surface area (Å²) in [5.74, 6) is -0.849. The second kappa shape index (κ2) is 8.49. The van der Waals surface area contributed by atoms with Gasteiger partial charge in [-0.15, -0.1) is 0 Å². The molecule has 0 aromatic carbocycles. The summed E-state index contributed by atoms with van der Waals surface area (Å²) in [6.45, 7) is 4.62. The Morgan fingerprint density at radius 2 is 1.90 bits per heavy atom. The van der Waals surface area contributed by atoms with Crippen molar-refractivity contribution in [3.05, 3.63) is 0 Å². The predicted molar refractivity (Wildman–Crippen MR) is 77.9 cm³/mol. The van der Waals surface area contributed by atoms with Crippen molar-refractivity contribution in [3.8, 4) is 0 Å². The minimum Gasteiger partial charge on any atom is -0.481 e. The molecule has 1 fully saturated rings. The number of carbonyl (C=O) groups is 3. The van der Waals surface area contributed by atoms with Gasteiger partial charge in [0.1, 0.15) is 0 Å². The third-order valence-corrected chi connectivity index (χ3v) is 3.59. The lowest BCUT2D eigenvalue weighted by atomic mass is 10.1. The molecule has 1 aliphatic heterocycles. The van der Waals surface area contributed by atoms with Crippen molar-refractivity contribution in [2.75, 3.05) is 13.1 Å². The zero-order valence-corrected chi connectivity index (χ0v) is 12.7. The number of aliphatic carboxylic acids is 1. The number of hydrogen-bond acceptors (Lipinski definition) is 3. The van der Waals surface area contributed by atoms with Gasteiger partial charge < -0.3 is 20.6 Å². The number of likely N-dealkylation sites (tertiary alicyclic amines) is 1. The molecule has 1 atom stereocenters. The molecule has 7 heteroatoms. The van der Waals surface area contributed by atoms with Gasteiger partial charge in [-0.05, 0) is 32.6 Å². The quantitative estimate of drug-likeness (QED) is 0.679. The number of rotatable bonds is 6. The molecule has 0 aromatic rings. The molecule has 0 saturated carbocycles. The van der Waals surface area contributed by atoms with Crippen molar-refractivity contribution in [2.45, 2.75) is 58.0 Å². The third kappa shape index (κ3) is 6.97. The molecule has 0 spiro atoms. The van der Waals surface area contributed by atoms with Crippen LogP contribution in [0.25, 0.3) is 0 Å². The van der Waals surface area contributed by atoms with Crippen molar-refractivity contribution in [2.24, 2.45) is 0 Å². The molecular weight excluding hydrogens is 274 g/mol. The largest absolute Gasteiger partial charge is 0.481 e. The number of hydrogen-bond donors (Lipinski definition) is 3. The second-order valence-corrected chi connectivity index (χ2v) is 5.60. The van der Waals surface area contributed by atoms with Gasteiger partial charge in [-0.25, -0.2) is 4.79 Å². The minimum atomic E-state index is -0.812. The summed E-state index contributed by atoms with van der Waals surface area (Å²) in [5, 5.41) is 14.3. The van der Waals surface area contributed by atoms with Crippen molar-refractivity contribution in [1.82, 2.24) is 15.5 Å². The van der Waals surface area contributed by atoms with Crippen LogP contribution >= 0.6 is 0 Å². The third-order valence-electron chi connectivity index (χ3n) is 3.59. The molecule has 0 bridgehead atoms. The van der Waals surface area contributed by atoms with Gasteiger partial charge in [-0.2, -0.15) is 0 Å². The molecule has 3 N–H and O–H groups in total. The highest BCUT2D eigenvalue weighted by Gasteiger charge is 2.23. The fraction of sp³-hybridized carbons (Fsp3) is 0.786. The van der Waals surface area contributed by atoms with Crippen LogP contribution in [-0.4, -0.2) is 53.1 Å². The number of carbonyl (C=O) groups excluding carboxylic acids is 2. The minimum absolute atomic E-state index is 0.0371. The van der Waals surface area contributed by atoms with Crippen molar-refractivity contribution in [1.29, 1.82) is 0 Å². The van der Waals surface area contributed by atoms with Crippen LogP contribution in [0, 0.1) is 0 Å². The average Bonchev–Trinajstić information content (AvgIpc) is 2.38. The lowest BCUT2D eigenvalue weighted by Gasteiger charge is -2.33. The SMILES string of the molecule is CC(=O)NC1CCN(C(=O)NC(C)CCCC(=O)O)CC1. The Labute approximate surface area is 125 Å². The standard InChI is InChI=1S/C14H25N3O4/c1-10(4-3-5-13(19)20)15-14(21)17-8-6-12(7-9-17)16-11(2)18/h10,12H,3-9H2,1-2H3,(H,15,21)(H,16,18)(H,19,20). The van der Waals surface area contributed by atoms with E-state index in [2.05, 4.69) is 10.6 Å². The van der Waals surface area contributed by atoms with Gasteiger partial charge in [0.15, 0.2) is 0 Å². The van der Waals surface area contributed by atoms with Crippen LogP contribution in [0.1, 0.15) is 46.0 Å². The van der Waals surface area contributed by atoms with Crippen molar-refractivity contribution >= 4 is 17.9 Å². The molecule has 1 unspecified atom stereocenters. The van der Waals surface area contributed by atoms with E-state index in [-0.39, 0.29) is 30.4 Å². The summed E-state index contributed by atoms with van der Waals surface area (Å²) in [7, 11) is 0. The van der Waals surface area contributed by atoms with E-state index < -0.39 is 5.97 Å². The molecular formula is C14H25N3O4. The van der Waals surface area contributed by atoms with Crippen LogP contribution in [-0.2, 0) is 9.59 Å². The Morgan fingerprint density at radius 1 is 1.29 bits per heavy atom. The summed E-state index contributed by atoms with van der Waals surface area (Å²) in [6.07, 6.45) is 2.87. The molecule has 3 amide bonds. The van der Waals surface area contributed by atoms with Crippen LogP contribution in [0.5, 0.6) is 0 Å². The number of urea groups is 1. The lowest BCUT2D eigenvalue weighted by molar-refractivity contribution is -0.137. The zero-order chi connectivity index (χ0) is 15.8. The van der Waals surface area contributed by atoms with E-state index in [0.717, 1.165) is 12.8 Å². The summed E-state index contributed by atoms with van der Waals surface area (Å²) in [4.78, 5) is 35.2. The van der Waals surface area contributed by atoms with Crippen LogP contribution in [0.4, 0.5) is 4.79 Å². The molecule has 7 nitrogen and oxygen atoms in total. The van der Waals surface area contributed by atoms with Crippen LogP contribution in [0.2, 0.25) is 0 Å². The van der Waals surface area contributed by atoms with Crippen LogP contribution in [0.3, 0.4) is 0 Å². The second-order valence-electron chi connectivity index (χ2n) is 5.60. The Balaban J connectivity index is 2.24. The number of carboxylic acids is 1. The highest BCUT2D eigenvalue weighted by Crippen LogP contribution is 2.11. The van der Waals surface area contributed by atoms with E-state index in [1.807, 2.05) is 6.92 Å². The highest BCUT2D eigenvalue weighted by atomic mass is 16.4. The molecule has 21 heavy (non-hydrogen) atoms. The fourth-order valence-corrected chi connectivity index (χ4v) is 2.45. The lowest BCUT2D eigenvalue weighted by Crippen LogP contribution is -2.50. The summed E-state index contributed by atoms with van der Waals surface area (Å²) >= 11 is 0. The number of piperidine rings is 1. The molecule has 0 radical (unpaired) electrons. The first-order valence-electron chi connectivity index (χ1n) is 7.43. The zero-order valence-electron chi connectivity index (χ0n) is 12.7. The Bertz CT molecular complexity index is 378. The molecule has 1 saturated heterocycles. The van der Waals surface area contributed by atoms with Gasteiger partial charge in [-0.1, -0.05) is 0 Å². The molecule has 1 rings (SSSR count). The average molecular weight is 299 g/mol. The molecule has 120 valence electrons. The van der Waals surface area contributed by atoms with E-state index in [1.54, 1.807) is 4.90 Å². The summed E-state index contributed by atoms with van der Waals surface area (Å²) < 4.78 is 0. The highest BCUT2D eigenvalue weighted by molar-refractivity contribution is 5.75. The maximum Gasteiger partial charge on any atom is 0.317 e. The van der Waals surface area contributed by atoms with Gasteiger partial charge in [0.25, 0.3) is 0 Å². The molecule has 0 aliphatic carbocycles.